The van der Waals surface area contributed by atoms with Gasteiger partial charge in [0.05, 0.1) is 22.5 Å². The summed E-state index contributed by atoms with van der Waals surface area (Å²) in [6.07, 6.45) is 0.814. The summed E-state index contributed by atoms with van der Waals surface area (Å²) >= 11 is 7.81. The normalized spacial score (nSPS) is 11.6. The number of hydrogen-bond acceptors (Lipinski definition) is 6. The van der Waals surface area contributed by atoms with Crippen LogP contribution in [-0.4, -0.2) is 59.9 Å². The highest BCUT2D eigenvalue weighted by atomic mass is 35.5. The van der Waals surface area contributed by atoms with Gasteiger partial charge in [-0.25, -0.2) is 4.98 Å². The molecule has 0 spiro atoms. The molecule has 3 aromatic rings. The van der Waals surface area contributed by atoms with Crippen molar-refractivity contribution in [1.29, 1.82) is 0 Å². The van der Waals surface area contributed by atoms with Gasteiger partial charge in [-0.05, 0) is 66.0 Å². The molecule has 7 nitrogen and oxygen atoms in total. The molecule has 9 heteroatoms. The molecular weight excluding hydrogens is 422 g/mol. The van der Waals surface area contributed by atoms with E-state index in [1.54, 1.807) is 28.8 Å². The minimum absolute atomic E-state index is 0.0752. The van der Waals surface area contributed by atoms with Gasteiger partial charge < -0.3 is 9.64 Å². The summed E-state index contributed by atoms with van der Waals surface area (Å²) in [5, 5.41) is 5.70. The molecule has 0 saturated carbocycles. The third kappa shape index (κ3) is 4.61. The van der Waals surface area contributed by atoms with Crippen LogP contribution in [0.1, 0.15) is 42.5 Å². The minimum Gasteiger partial charge on any atom is -0.494 e. The topological polar surface area (TPSA) is 63.5 Å². The van der Waals surface area contributed by atoms with E-state index in [1.165, 1.54) is 11.3 Å². The van der Waals surface area contributed by atoms with Crippen LogP contribution in [0, 0.1) is 6.92 Å². The summed E-state index contributed by atoms with van der Waals surface area (Å²) in [7, 11) is 5.64. The maximum atomic E-state index is 13.6. The highest BCUT2D eigenvalue weighted by molar-refractivity contribution is 7.23. The van der Waals surface area contributed by atoms with Crippen molar-refractivity contribution in [2.24, 2.45) is 0 Å². The second-order valence-electron chi connectivity index (χ2n) is 7.75. The van der Waals surface area contributed by atoms with E-state index in [9.17, 15) is 4.79 Å². The highest BCUT2D eigenvalue weighted by Crippen LogP contribution is 2.39. The van der Waals surface area contributed by atoms with Gasteiger partial charge in [0, 0.05) is 12.6 Å². The first-order valence-electron chi connectivity index (χ1n) is 9.88. The monoisotopic (exact) mass is 449 g/mol. The number of aromatic nitrogens is 3. The van der Waals surface area contributed by atoms with Gasteiger partial charge in [0.1, 0.15) is 17.0 Å². The molecule has 30 heavy (non-hydrogen) atoms. The van der Waals surface area contributed by atoms with Crippen LogP contribution in [0.4, 0.5) is 5.13 Å². The molecule has 0 unspecified atom stereocenters. The largest absolute Gasteiger partial charge is 0.494 e. The van der Waals surface area contributed by atoms with Crippen LogP contribution in [0.5, 0.6) is 5.75 Å². The number of amides is 1. The van der Waals surface area contributed by atoms with Crippen LogP contribution in [-0.2, 0) is 0 Å². The van der Waals surface area contributed by atoms with Crippen molar-refractivity contribution in [3.05, 3.63) is 34.6 Å². The lowest BCUT2D eigenvalue weighted by Crippen LogP contribution is -2.35. The molecule has 0 bridgehead atoms. The number of ether oxygens (including phenoxy) is 1. The standard InChI is InChI=1S/C21H28ClN5O2S/c1-13(2)27-16(12-14(3)24-27)20(28)26(11-7-10-25(4)5)21-23-18-17(29-6)9-8-15(22)19(18)30-21/h8-9,12-13H,7,10-11H2,1-6H3. The molecule has 0 N–H and O–H groups in total. The molecule has 1 aromatic carbocycles. The summed E-state index contributed by atoms with van der Waals surface area (Å²) in [4.78, 5) is 22.2. The number of hydrogen-bond donors (Lipinski definition) is 0. The fraction of sp³-hybridized carbons (Fsp3) is 0.476. The van der Waals surface area contributed by atoms with Gasteiger partial charge in [0.25, 0.3) is 5.91 Å². The molecule has 0 fully saturated rings. The molecule has 2 heterocycles. The first kappa shape index (κ1) is 22.5. The fourth-order valence-corrected chi connectivity index (χ4v) is 4.54. The average Bonchev–Trinajstić information content (AvgIpc) is 3.29. The number of nitrogens with zero attached hydrogens (tertiary/aromatic N) is 5. The third-order valence-corrected chi connectivity index (χ3v) is 6.24. The van der Waals surface area contributed by atoms with Crippen LogP contribution in [0.25, 0.3) is 10.2 Å². The average molecular weight is 450 g/mol. The second-order valence-corrected chi connectivity index (χ2v) is 9.13. The number of fused-ring (bicyclic) bond motifs is 1. The number of rotatable bonds is 8. The first-order chi connectivity index (χ1) is 14.2. The van der Waals surface area contributed by atoms with E-state index in [2.05, 4.69) is 10.00 Å². The van der Waals surface area contributed by atoms with Gasteiger partial charge in [0.15, 0.2) is 5.13 Å². The zero-order chi connectivity index (χ0) is 22.0. The van der Waals surface area contributed by atoms with Gasteiger partial charge in [-0.2, -0.15) is 5.10 Å². The van der Waals surface area contributed by atoms with E-state index in [-0.39, 0.29) is 11.9 Å². The maximum absolute atomic E-state index is 13.6. The highest BCUT2D eigenvalue weighted by Gasteiger charge is 2.26. The lowest BCUT2D eigenvalue weighted by atomic mass is 10.3. The van der Waals surface area contributed by atoms with Crippen LogP contribution in [0.2, 0.25) is 5.02 Å². The lowest BCUT2D eigenvalue weighted by Gasteiger charge is -2.22. The van der Waals surface area contributed by atoms with Crippen LogP contribution >= 0.6 is 22.9 Å². The Morgan fingerprint density at radius 2 is 2.03 bits per heavy atom. The summed E-state index contributed by atoms with van der Waals surface area (Å²) < 4.78 is 8.03. The molecule has 0 aliphatic carbocycles. The Hall–Kier alpha value is -2.16. The number of halogens is 1. The number of thiazole rings is 1. The van der Waals surface area contributed by atoms with Crippen molar-refractivity contribution in [2.75, 3.05) is 39.2 Å². The molecule has 2 aromatic heterocycles. The minimum atomic E-state index is -0.114. The summed E-state index contributed by atoms with van der Waals surface area (Å²) in [5.74, 6) is 0.526. The number of anilines is 1. The van der Waals surface area contributed by atoms with E-state index >= 15 is 0 Å². The quantitative estimate of drug-likeness (QED) is 0.501. The number of benzene rings is 1. The van der Waals surface area contributed by atoms with Gasteiger partial charge >= 0.3 is 0 Å². The first-order valence-corrected chi connectivity index (χ1v) is 11.1. The predicted octanol–water partition coefficient (Wildman–Crippen LogP) is 4.64. The number of aryl methyl sites for hydroxylation is 1. The van der Waals surface area contributed by atoms with Crippen LogP contribution in [0.3, 0.4) is 0 Å². The number of methoxy groups -OCH3 is 1. The molecule has 1 amide bonds. The van der Waals surface area contributed by atoms with Gasteiger partial charge in [-0.1, -0.05) is 22.9 Å². The van der Waals surface area contributed by atoms with Gasteiger partial charge in [-0.15, -0.1) is 0 Å². The van der Waals surface area contributed by atoms with E-state index in [0.29, 0.717) is 33.7 Å². The van der Waals surface area contributed by atoms with Crippen molar-refractivity contribution in [1.82, 2.24) is 19.7 Å². The van der Waals surface area contributed by atoms with Crippen LogP contribution < -0.4 is 9.64 Å². The molecule has 0 radical (unpaired) electrons. The fourth-order valence-electron chi connectivity index (χ4n) is 3.26. The number of carbonyl (C=O) groups is 1. The van der Waals surface area contributed by atoms with E-state index < -0.39 is 0 Å². The van der Waals surface area contributed by atoms with Crippen LogP contribution in [0.15, 0.2) is 18.2 Å². The summed E-state index contributed by atoms with van der Waals surface area (Å²) in [6, 6.07) is 5.50. The van der Waals surface area contributed by atoms with Crippen molar-refractivity contribution < 1.29 is 9.53 Å². The Labute approximate surface area is 186 Å². The zero-order valence-electron chi connectivity index (χ0n) is 18.3. The van der Waals surface area contributed by atoms with E-state index in [4.69, 9.17) is 21.3 Å². The second kappa shape index (κ2) is 9.32. The lowest BCUT2D eigenvalue weighted by molar-refractivity contribution is 0.0974. The van der Waals surface area contributed by atoms with Gasteiger partial charge in [-0.3, -0.25) is 14.4 Å². The predicted molar refractivity (Wildman–Crippen MR) is 123 cm³/mol. The smallest absolute Gasteiger partial charge is 0.278 e. The van der Waals surface area contributed by atoms with Gasteiger partial charge in [0.2, 0.25) is 0 Å². The Morgan fingerprint density at radius 3 is 2.67 bits per heavy atom. The van der Waals surface area contributed by atoms with Crippen molar-refractivity contribution in [3.63, 3.8) is 0 Å². The Balaban J connectivity index is 2.06. The van der Waals surface area contributed by atoms with Crippen molar-refractivity contribution in [3.8, 4) is 5.75 Å². The molecule has 0 saturated heterocycles. The summed E-state index contributed by atoms with van der Waals surface area (Å²) in [5.41, 5.74) is 2.04. The Bertz CT molecular complexity index is 1040. The van der Waals surface area contributed by atoms with Crippen molar-refractivity contribution in [2.45, 2.75) is 33.2 Å². The molecule has 0 aliphatic heterocycles. The molecule has 162 valence electrons. The summed E-state index contributed by atoms with van der Waals surface area (Å²) in [6.45, 7) is 7.33. The van der Waals surface area contributed by atoms with E-state index in [1.807, 2.05) is 40.9 Å². The SMILES string of the molecule is COc1ccc(Cl)c2sc(N(CCCN(C)C)C(=O)c3cc(C)nn3C(C)C)nc12. The molecular formula is C21H28ClN5O2S. The molecule has 0 atom stereocenters. The van der Waals surface area contributed by atoms with E-state index in [0.717, 1.165) is 23.4 Å². The molecule has 0 aliphatic rings. The molecule has 3 rings (SSSR count). The Morgan fingerprint density at radius 1 is 1.30 bits per heavy atom. The number of carbonyl (C=O) groups excluding carboxylic acids is 1. The third-order valence-electron chi connectivity index (χ3n) is 4.70. The maximum Gasteiger partial charge on any atom is 0.278 e. The van der Waals surface area contributed by atoms with Crippen molar-refractivity contribution >= 4 is 44.2 Å². The Kier molecular flexibility index (Phi) is 7.00. The zero-order valence-corrected chi connectivity index (χ0v) is 19.8.